The Morgan fingerprint density at radius 2 is 1.79 bits per heavy atom. The van der Waals surface area contributed by atoms with Crippen molar-refractivity contribution in [3.8, 4) is 5.75 Å². The van der Waals surface area contributed by atoms with Crippen LogP contribution in [-0.4, -0.2) is 66.2 Å². The molecular formula is C17H21N5O2. The minimum atomic E-state index is -0.107. The number of carbonyl (C=O) groups excluding carboxylic acids is 1. The molecule has 1 aromatic carbocycles. The van der Waals surface area contributed by atoms with Crippen molar-refractivity contribution < 1.29 is 9.90 Å². The molecule has 1 amide bonds. The normalized spacial score (nSPS) is 14.6. The summed E-state index contributed by atoms with van der Waals surface area (Å²) in [5.74, 6) is 0.878. The Hall–Kier alpha value is -2.83. The number of hydrogen-bond donors (Lipinski definition) is 1. The van der Waals surface area contributed by atoms with Gasteiger partial charge < -0.3 is 19.8 Å². The lowest BCUT2D eigenvalue weighted by atomic mass is 10.2. The summed E-state index contributed by atoms with van der Waals surface area (Å²) in [6, 6.07) is 7.26. The molecule has 0 unspecified atom stereocenters. The van der Waals surface area contributed by atoms with Gasteiger partial charge in [0.2, 0.25) is 0 Å². The zero-order valence-corrected chi connectivity index (χ0v) is 13.9. The Morgan fingerprint density at radius 3 is 2.38 bits per heavy atom. The van der Waals surface area contributed by atoms with Crippen molar-refractivity contribution in [2.24, 2.45) is 0 Å². The molecule has 1 saturated heterocycles. The third kappa shape index (κ3) is 3.24. The predicted octanol–water partition coefficient (Wildman–Crippen LogP) is 1.21. The van der Waals surface area contributed by atoms with Crippen LogP contribution >= 0.6 is 0 Å². The van der Waals surface area contributed by atoms with Gasteiger partial charge in [0.05, 0.1) is 18.1 Å². The van der Waals surface area contributed by atoms with Crippen molar-refractivity contribution in [2.45, 2.75) is 0 Å². The first kappa shape index (κ1) is 16.0. The zero-order valence-electron chi connectivity index (χ0n) is 13.9. The molecule has 0 spiro atoms. The number of phenolic OH excluding ortho intramolecular Hbond substituents is 1. The van der Waals surface area contributed by atoms with E-state index in [-0.39, 0.29) is 11.7 Å². The second-order valence-corrected chi connectivity index (χ2v) is 5.92. The quantitative estimate of drug-likeness (QED) is 0.913. The van der Waals surface area contributed by atoms with Gasteiger partial charge in [-0.3, -0.25) is 4.79 Å². The maximum atomic E-state index is 12.5. The number of amides is 1. The monoisotopic (exact) mass is 327 g/mol. The van der Waals surface area contributed by atoms with Gasteiger partial charge in [0, 0.05) is 40.3 Å². The van der Waals surface area contributed by atoms with Gasteiger partial charge in [-0.05, 0) is 12.1 Å². The van der Waals surface area contributed by atoms with Crippen molar-refractivity contribution in [2.75, 3.05) is 50.1 Å². The van der Waals surface area contributed by atoms with E-state index in [1.807, 2.05) is 31.1 Å². The molecule has 3 rings (SSSR count). The number of piperazine rings is 1. The molecule has 2 heterocycles. The molecule has 0 aliphatic carbocycles. The Balaban J connectivity index is 1.64. The molecule has 2 aromatic rings. The number of benzene rings is 1. The Bertz CT molecular complexity index is 709. The lowest BCUT2D eigenvalue weighted by molar-refractivity contribution is 0.0740. The SMILES string of the molecule is CN(C)c1cnc(C(=O)N2CCN(c3ccccc3O)CC2)cn1. The van der Waals surface area contributed by atoms with Gasteiger partial charge in [-0.15, -0.1) is 0 Å². The van der Waals surface area contributed by atoms with E-state index in [1.54, 1.807) is 23.2 Å². The Labute approximate surface area is 141 Å². The first-order chi connectivity index (χ1) is 11.6. The molecule has 7 nitrogen and oxygen atoms in total. The van der Waals surface area contributed by atoms with Crippen LogP contribution in [0.4, 0.5) is 11.5 Å². The average molecular weight is 327 g/mol. The molecule has 0 bridgehead atoms. The van der Waals surface area contributed by atoms with Crippen molar-refractivity contribution >= 4 is 17.4 Å². The summed E-state index contributed by atoms with van der Waals surface area (Å²) in [6.07, 6.45) is 3.12. The average Bonchev–Trinajstić information content (AvgIpc) is 2.62. The van der Waals surface area contributed by atoms with Crippen molar-refractivity contribution in [3.05, 3.63) is 42.4 Å². The molecule has 7 heteroatoms. The van der Waals surface area contributed by atoms with Crippen LogP contribution in [0, 0.1) is 0 Å². The molecule has 1 fully saturated rings. The lowest BCUT2D eigenvalue weighted by Crippen LogP contribution is -2.49. The fraction of sp³-hybridized carbons (Fsp3) is 0.353. The third-order valence-electron chi connectivity index (χ3n) is 4.10. The molecule has 0 saturated carbocycles. The smallest absolute Gasteiger partial charge is 0.274 e. The minimum Gasteiger partial charge on any atom is -0.506 e. The highest BCUT2D eigenvalue weighted by Gasteiger charge is 2.24. The largest absolute Gasteiger partial charge is 0.506 e. The molecule has 1 aliphatic rings. The van der Waals surface area contributed by atoms with Gasteiger partial charge in [0.1, 0.15) is 17.3 Å². The van der Waals surface area contributed by atoms with Crippen LogP contribution in [0.5, 0.6) is 5.75 Å². The molecule has 0 radical (unpaired) electrons. The van der Waals surface area contributed by atoms with E-state index in [9.17, 15) is 9.90 Å². The number of aromatic hydroxyl groups is 1. The summed E-state index contributed by atoms with van der Waals surface area (Å²) in [6.45, 7) is 2.52. The van der Waals surface area contributed by atoms with E-state index >= 15 is 0 Å². The van der Waals surface area contributed by atoms with Gasteiger partial charge in [-0.1, -0.05) is 12.1 Å². The maximum absolute atomic E-state index is 12.5. The van der Waals surface area contributed by atoms with Gasteiger partial charge in [0.15, 0.2) is 0 Å². The van der Waals surface area contributed by atoms with Gasteiger partial charge in [-0.25, -0.2) is 9.97 Å². The van der Waals surface area contributed by atoms with E-state index in [0.29, 0.717) is 31.9 Å². The van der Waals surface area contributed by atoms with Crippen LogP contribution < -0.4 is 9.80 Å². The summed E-state index contributed by atoms with van der Waals surface area (Å²) in [5, 5.41) is 9.94. The lowest BCUT2D eigenvalue weighted by Gasteiger charge is -2.36. The van der Waals surface area contributed by atoms with Crippen molar-refractivity contribution in [1.29, 1.82) is 0 Å². The summed E-state index contributed by atoms with van der Waals surface area (Å²) in [7, 11) is 3.76. The fourth-order valence-electron chi connectivity index (χ4n) is 2.71. The highest BCUT2D eigenvalue weighted by molar-refractivity contribution is 5.92. The number of phenols is 1. The van der Waals surface area contributed by atoms with E-state index in [0.717, 1.165) is 11.5 Å². The van der Waals surface area contributed by atoms with Gasteiger partial charge in [0.25, 0.3) is 5.91 Å². The van der Waals surface area contributed by atoms with Crippen LogP contribution in [0.15, 0.2) is 36.7 Å². The van der Waals surface area contributed by atoms with Gasteiger partial charge in [-0.2, -0.15) is 0 Å². The first-order valence-corrected chi connectivity index (χ1v) is 7.88. The molecule has 1 aliphatic heterocycles. The molecular weight excluding hydrogens is 306 g/mol. The van der Waals surface area contributed by atoms with Crippen LogP contribution in [-0.2, 0) is 0 Å². The van der Waals surface area contributed by atoms with E-state index < -0.39 is 0 Å². The minimum absolute atomic E-state index is 0.107. The molecule has 0 atom stereocenters. The number of para-hydroxylation sites is 2. The van der Waals surface area contributed by atoms with Crippen molar-refractivity contribution in [1.82, 2.24) is 14.9 Å². The number of hydrogen-bond acceptors (Lipinski definition) is 6. The zero-order chi connectivity index (χ0) is 17.1. The van der Waals surface area contributed by atoms with Crippen molar-refractivity contribution in [3.63, 3.8) is 0 Å². The second-order valence-electron chi connectivity index (χ2n) is 5.92. The second kappa shape index (κ2) is 6.74. The summed E-state index contributed by atoms with van der Waals surface area (Å²) in [5.41, 5.74) is 1.16. The van der Waals surface area contributed by atoms with Crippen LogP contribution in [0.2, 0.25) is 0 Å². The van der Waals surface area contributed by atoms with Crippen LogP contribution in [0.25, 0.3) is 0 Å². The Kier molecular flexibility index (Phi) is 4.50. The third-order valence-corrected chi connectivity index (χ3v) is 4.10. The van der Waals surface area contributed by atoms with E-state index in [2.05, 4.69) is 14.9 Å². The number of carbonyl (C=O) groups is 1. The number of anilines is 2. The van der Waals surface area contributed by atoms with Crippen LogP contribution in [0.1, 0.15) is 10.5 Å². The highest BCUT2D eigenvalue weighted by Crippen LogP contribution is 2.27. The summed E-state index contributed by atoms with van der Waals surface area (Å²) < 4.78 is 0. The molecule has 1 aromatic heterocycles. The molecule has 126 valence electrons. The number of nitrogens with zero attached hydrogens (tertiary/aromatic N) is 5. The summed E-state index contributed by atoms with van der Waals surface area (Å²) >= 11 is 0. The van der Waals surface area contributed by atoms with Gasteiger partial charge >= 0.3 is 0 Å². The fourth-order valence-corrected chi connectivity index (χ4v) is 2.71. The van der Waals surface area contributed by atoms with Crippen LogP contribution in [0.3, 0.4) is 0 Å². The van der Waals surface area contributed by atoms with E-state index in [1.165, 1.54) is 6.20 Å². The highest BCUT2D eigenvalue weighted by atomic mass is 16.3. The molecule has 1 N–H and O–H groups in total. The number of rotatable bonds is 3. The maximum Gasteiger partial charge on any atom is 0.274 e. The summed E-state index contributed by atoms with van der Waals surface area (Å²) in [4.78, 5) is 26.7. The topological polar surface area (TPSA) is 72.8 Å². The predicted molar refractivity (Wildman–Crippen MR) is 92.6 cm³/mol. The van der Waals surface area contributed by atoms with E-state index in [4.69, 9.17) is 0 Å². The molecule has 24 heavy (non-hydrogen) atoms. The Morgan fingerprint density at radius 1 is 1.08 bits per heavy atom. The first-order valence-electron chi connectivity index (χ1n) is 7.88. The number of aromatic nitrogens is 2. The standard InChI is InChI=1S/C17H21N5O2/c1-20(2)16-12-18-13(11-19-16)17(24)22-9-7-21(8-10-22)14-5-3-4-6-15(14)23/h3-6,11-12,23H,7-10H2,1-2H3.